The molecule has 0 saturated heterocycles. The number of methoxy groups -OCH3 is 2. The van der Waals surface area contributed by atoms with Gasteiger partial charge in [-0.25, -0.2) is 0 Å². The number of aryl methyl sites for hydroxylation is 1. The molecule has 0 spiro atoms. The second kappa shape index (κ2) is 6.05. The number of ether oxygens (including phenoxy) is 2. The zero-order valence-electron chi connectivity index (χ0n) is 9.99. The monoisotopic (exact) mass is 224 g/mol. The molecule has 0 aromatic heterocycles. The molecule has 0 fully saturated rings. The maximum absolute atomic E-state index is 5.25. The van der Waals surface area contributed by atoms with Crippen LogP contribution in [0, 0.1) is 6.92 Å². The Bertz CT molecular complexity index is 280. The van der Waals surface area contributed by atoms with E-state index in [1.165, 1.54) is 11.1 Å². The zero-order chi connectivity index (χ0) is 11.3. The highest BCUT2D eigenvalue weighted by Gasteiger charge is 2.13. The number of hydrogen-bond acceptors (Lipinski definition) is 2. The van der Waals surface area contributed by atoms with Crippen LogP contribution >= 0.6 is 0 Å². The SMILES string of the molecule is COC(OC)[SiH2]C(C)c1ccc(C)cc1. The third-order valence-electron chi connectivity index (χ3n) is 2.72. The van der Waals surface area contributed by atoms with Crippen molar-refractivity contribution in [2.45, 2.75) is 25.3 Å². The van der Waals surface area contributed by atoms with Crippen LogP contribution in [0.1, 0.15) is 23.6 Å². The van der Waals surface area contributed by atoms with Crippen LogP contribution in [-0.2, 0) is 9.47 Å². The van der Waals surface area contributed by atoms with Gasteiger partial charge in [0.15, 0.2) is 0 Å². The lowest BCUT2D eigenvalue weighted by Crippen LogP contribution is -2.25. The minimum atomic E-state index is -0.405. The lowest BCUT2D eigenvalue weighted by atomic mass is 10.1. The molecule has 84 valence electrons. The summed E-state index contributed by atoms with van der Waals surface area (Å²) in [5.74, 6) is 0.0290. The molecule has 0 saturated carbocycles. The molecule has 0 heterocycles. The van der Waals surface area contributed by atoms with Gasteiger partial charge in [-0.05, 0) is 18.0 Å². The van der Waals surface area contributed by atoms with E-state index in [9.17, 15) is 0 Å². The van der Waals surface area contributed by atoms with E-state index in [-0.39, 0.29) is 5.91 Å². The van der Waals surface area contributed by atoms with Gasteiger partial charge in [0.2, 0.25) is 0 Å². The van der Waals surface area contributed by atoms with Gasteiger partial charge < -0.3 is 9.47 Å². The largest absolute Gasteiger partial charge is 0.360 e. The molecule has 3 heteroatoms. The molecule has 15 heavy (non-hydrogen) atoms. The molecule has 0 amide bonds. The molecule has 0 radical (unpaired) electrons. The molecule has 0 aliphatic heterocycles. The Balaban J connectivity index is 2.60. The van der Waals surface area contributed by atoms with Gasteiger partial charge in [0, 0.05) is 14.2 Å². The van der Waals surface area contributed by atoms with Crippen molar-refractivity contribution < 1.29 is 9.47 Å². The van der Waals surface area contributed by atoms with Crippen molar-refractivity contribution >= 4 is 9.52 Å². The van der Waals surface area contributed by atoms with Crippen LogP contribution in [0.15, 0.2) is 24.3 Å². The van der Waals surface area contributed by atoms with Gasteiger partial charge in [-0.3, -0.25) is 0 Å². The Morgan fingerprint density at radius 2 is 1.60 bits per heavy atom. The molecule has 0 bridgehead atoms. The van der Waals surface area contributed by atoms with Crippen molar-refractivity contribution in [1.82, 2.24) is 0 Å². The van der Waals surface area contributed by atoms with Crippen LogP contribution in [0.5, 0.6) is 0 Å². The molecular weight excluding hydrogens is 204 g/mol. The van der Waals surface area contributed by atoms with Crippen molar-refractivity contribution in [2.24, 2.45) is 0 Å². The fourth-order valence-corrected chi connectivity index (χ4v) is 3.12. The predicted octanol–water partition coefficient (Wildman–Crippen LogP) is 1.80. The van der Waals surface area contributed by atoms with E-state index >= 15 is 0 Å². The van der Waals surface area contributed by atoms with E-state index in [4.69, 9.17) is 9.47 Å². The molecule has 1 aromatic carbocycles. The van der Waals surface area contributed by atoms with Crippen LogP contribution in [-0.4, -0.2) is 29.7 Å². The smallest absolute Gasteiger partial charge is 0.134 e. The van der Waals surface area contributed by atoms with Crippen LogP contribution in [0.4, 0.5) is 0 Å². The first-order valence-corrected chi connectivity index (χ1v) is 6.92. The molecule has 0 aliphatic carbocycles. The van der Waals surface area contributed by atoms with Crippen LogP contribution < -0.4 is 0 Å². The first-order valence-electron chi connectivity index (χ1n) is 5.29. The molecule has 1 rings (SSSR count). The van der Waals surface area contributed by atoms with Crippen molar-refractivity contribution in [1.29, 1.82) is 0 Å². The van der Waals surface area contributed by atoms with Gasteiger partial charge >= 0.3 is 0 Å². The first-order chi connectivity index (χ1) is 7.17. The molecular formula is C12H20O2Si. The number of benzene rings is 1. The average Bonchev–Trinajstić information content (AvgIpc) is 2.26. The van der Waals surface area contributed by atoms with E-state index in [1.54, 1.807) is 14.2 Å². The highest BCUT2D eigenvalue weighted by Crippen LogP contribution is 2.16. The summed E-state index contributed by atoms with van der Waals surface area (Å²) in [4.78, 5) is 0. The van der Waals surface area contributed by atoms with Gasteiger partial charge in [-0.2, -0.15) is 0 Å². The van der Waals surface area contributed by atoms with Crippen LogP contribution in [0.3, 0.4) is 0 Å². The highest BCUT2D eigenvalue weighted by atomic mass is 28.2. The molecule has 1 unspecified atom stereocenters. The van der Waals surface area contributed by atoms with Gasteiger partial charge in [0.05, 0.1) is 9.52 Å². The van der Waals surface area contributed by atoms with Gasteiger partial charge in [-0.1, -0.05) is 36.8 Å². The summed E-state index contributed by atoms with van der Waals surface area (Å²) in [5, 5.41) is 0. The molecule has 1 atom stereocenters. The van der Waals surface area contributed by atoms with Gasteiger partial charge in [0.25, 0.3) is 0 Å². The maximum atomic E-state index is 5.25. The van der Waals surface area contributed by atoms with E-state index in [2.05, 4.69) is 38.1 Å². The summed E-state index contributed by atoms with van der Waals surface area (Å²) < 4.78 is 10.5. The average molecular weight is 224 g/mol. The minimum absolute atomic E-state index is 0.0290. The van der Waals surface area contributed by atoms with Gasteiger partial charge in [0.1, 0.15) is 5.91 Å². The third kappa shape index (κ3) is 3.78. The van der Waals surface area contributed by atoms with Crippen molar-refractivity contribution in [3.8, 4) is 0 Å². The quantitative estimate of drug-likeness (QED) is 0.561. The first kappa shape index (κ1) is 12.4. The number of rotatable bonds is 5. The summed E-state index contributed by atoms with van der Waals surface area (Å²) in [6, 6.07) is 8.73. The fraction of sp³-hybridized carbons (Fsp3) is 0.500. The fourth-order valence-electron chi connectivity index (χ4n) is 1.61. The van der Waals surface area contributed by atoms with Gasteiger partial charge in [-0.15, -0.1) is 0 Å². The Labute approximate surface area is 94.4 Å². The molecule has 0 N–H and O–H groups in total. The molecule has 1 aromatic rings. The van der Waals surface area contributed by atoms with E-state index in [1.807, 2.05) is 0 Å². The Morgan fingerprint density at radius 1 is 1.07 bits per heavy atom. The maximum Gasteiger partial charge on any atom is 0.134 e. The zero-order valence-corrected chi connectivity index (χ0v) is 11.4. The molecule has 0 aliphatic rings. The summed E-state index contributed by atoms with van der Waals surface area (Å²) in [7, 11) is 3.02. The Hall–Kier alpha value is -0.643. The summed E-state index contributed by atoms with van der Waals surface area (Å²) >= 11 is 0. The predicted molar refractivity (Wildman–Crippen MR) is 65.9 cm³/mol. The Morgan fingerprint density at radius 3 is 2.07 bits per heavy atom. The lowest BCUT2D eigenvalue weighted by Gasteiger charge is -2.18. The summed E-state index contributed by atoms with van der Waals surface area (Å²) in [5.41, 5.74) is 3.30. The normalized spacial score (nSPS) is 13.9. The lowest BCUT2D eigenvalue weighted by molar-refractivity contribution is -0.0447. The topological polar surface area (TPSA) is 18.5 Å². The number of hydrogen-bond donors (Lipinski definition) is 0. The summed E-state index contributed by atoms with van der Waals surface area (Å²) in [6.07, 6.45) is 0. The van der Waals surface area contributed by atoms with Crippen molar-refractivity contribution in [2.75, 3.05) is 14.2 Å². The molecule has 2 nitrogen and oxygen atoms in total. The van der Waals surface area contributed by atoms with E-state index < -0.39 is 9.52 Å². The Kier molecular flexibility index (Phi) is 5.01. The van der Waals surface area contributed by atoms with Crippen LogP contribution in [0.2, 0.25) is 0 Å². The second-order valence-electron chi connectivity index (χ2n) is 3.95. The standard InChI is InChI=1S/C12H20O2Si/c1-9-5-7-11(8-6-9)10(2)15-12(13-3)14-4/h5-8,10,12H,15H2,1-4H3. The van der Waals surface area contributed by atoms with E-state index in [0.29, 0.717) is 5.54 Å². The van der Waals surface area contributed by atoms with E-state index in [0.717, 1.165) is 0 Å². The van der Waals surface area contributed by atoms with Crippen molar-refractivity contribution in [3.63, 3.8) is 0 Å². The second-order valence-corrected chi connectivity index (χ2v) is 6.31. The summed E-state index contributed by atoms with van der Waals surface area (Å²) in [6.45, 7) is 4.36. The highest BCUT2D eigenvalue weighted by molar-refractivity contribution is 6.38. The minimum Gasteiger partial charge on any atom is -0.360 e. The van der Waals surface area contributed by atoms with Crippen LogP contribution in [0.25, 0.3) is 0 Å². The third-order valence-corrected chi connectivity index (χ3v) is 4.95. The van der Waals surface area contributed by atoms with Crippen molar-refractivity contribution in [3.05, 3.63) is 35.4 Å².